The smallest absolute Gasteiger partial charge is 0.278 e. The van der Waals surface area contributed by atoms with Gasteiger partial charge in [-0.3, -0.25) is 14.9 Å². The molecule has 0 spiro atoms. The van der Waals surface area contributed by atoms with E-state index in [1.807, 2.05) is 6.92 Å². The molecule has 0 aliphatic heterocycles. The summed E-state index contributed by atoms with van der Waals surface area (Å²) >= 11 is 2.89. The molecule has 0 aliphatic rings. The number of nitrogens with one attached hydrogen (secondary N) is 1. The number of fused-ring (bicyclic) bond motifs is 1. The highest BCUT2D eigenvalue weighted by atomic mass is 32.2. The van der Waals surface area contributed by atoms with E-state index >= 15 is 0 Å². The van der Waals surface area contributed by atoms with Gasteiger partial charge in [-0.15, -0.1) is 10.2 Å². The summed E-state index contributed by atoms with van der Waals surface area (Å²) in [5.41, 5.74) is 0.0531. The first-order valence-corrected chi connectivity index (χ1v) is 10.7. The molecule has 1 amide bonds. The van der Waals surface area contributed by atoms with Crippen LogP contribution in [0.5, 0.6) is 0 Å². The van der Waals surface area contributed by atoms with E-state index in [4.69, 9.17) is 0 Å². The van der Waals surface area contributed by atoms with Gasteiger partial charge in [-0.1, -0.05) is 68.0 Å². The summed E-state index contributed by atoms with van der Waals surface area (Å²) in [4.78, 5) is 25.5. The Kier molecular flexibility index (Phi) is 6.57. The molecule has 3 rings (SSSR count). The zero-order valence-corrected chi connectivity index (χ0v) is 16.9. The number of hydrogen-bond acceptors (Lipinski definition) is 7. The van der Waals surface area contributed by atoms with Crippen molar-refractivity contribution in [2.75, 3.05) is 11.1 Å². The molecule has 1 aromatic carbocycles. The van der Waals surface area contributed by atoms with E-state index < -0.39 is 0 Å². The van der Waals surface area contributed by atoms with Crippen molar-refractivity contribution in [3.63, 3.8) is 0 Å². The summed E-state index contributed by atoms with van der Waals surface area (Å²) in [6, 6.07) is 7.06. The summed E-state index contributed by atoms with van der Waals surface area (Å²) in [6.45, 7) is 4.62. The Balaban J connectivity index is 1.94. The van der Waals surface area contributed by atoms with Crippen molar-refractivity contribution in [2.45, 2.75) is 44.0 Å². The topological polar surface area (TPSA) is 89.8 Å². The fraction of sp³-hybridized carbons (Fsp3) is 0.389. The molecule has 142 valence electrons. The maximum absolute atomic E-state index is 12.8. The highest BCUT2D eigenvalue weighted by Crippen LogP contribution is 2.25. The minimum atomic E-state index is -0.389. The van der Waals surface area contributed by atoms with Crippen molar-refractivity contribution in [2.24, 2.45) is 0 Å². The number of aromatic nitrogens is 4. The summed E-state index contributed by atoms with van der Waals surface area (Å²) in [6.07, 6.45) is 2.90. The quantitative estimate of drug-likeness (QED) is 0.349. The van der Waals surface area contributed by atoms with Gasteiger partial charge in [0.15, 0.2) is 10.0 Å². The molecule has 0 aliphatic carbocycles. The average Bonchev–Trinajstić information content (AvgIpc) is 3.11. The number of hydrogen-bond donors (Lipinski definition) is 1. The van der Waals surface area contributed by atoms with E-state index in [-0.39, 0.29) is 17.2 Å². The van der Waals surface area contributed by atoms with Crippen molar-refractivity contribution in [3.05, 3.63) is 40.3 Å². The molecule has 0 bridgehead atoms. The second kappa shape index (κ2) is 9.09. The zero-order valence-electron chi connectivity index (χ0n) is 15.3. The van der Waals surface area contributed by atoms with Gasteiger partial charge < -0.3 is 0 Å². The molecule has 0 atom stereocenters. The number of anilines is 1. The second-order valence-corrected chi connectivity index (χ2v) is 8.38. The Hall–Kier alpha value is -2.26. The number of carbonyl (C=O) groups is 1. The highest BCUT2D eigenvalue weighted by molar-refractivity contribution is 8.01. The van der Waals surface area contributed by atoms with Crippen LogP contribution in [0.4, 0.5) is 5.13 Å². The van der Waals surface area contributed by atoms with Gasteiger partial charge in [0.1, 0.15) is 0 Å². The number of benzene rings is 1. The van der Waals surface area contributed by atoms with Gasteiger partial charge in [-0.25, -0.2) is 4.68 Å². The number of aryl methyl sites for hydroxylation is 1. The lowest BCUT2D eigenvalue weighted by Gasteiger charge is -2.10. The molecule has 1 N–H and O–H groups in total. The first-order valence-electron chi connectivity index (χ1n) is 8.91. The maximum Gasteiger partial charge on any atom is 0.278 e. The van der Waals surface area contributed by atoms with Crippen LogP contribution in [0.25, 0.3) is 10.8 Å². The predicted molar refractivity (Wildman–Crippen MR) is 110 cm³/mol. The molecule has 2 aromatic heterocycles. The standard InChI is InChI=1S/C18H21N5O2S2/c1-3-5-8-11-23-16(25)13-10-7-6-9-12(13)14(22-23)15(24)19-17-20-21-18(27-17)26-4-2/h6-7,9-10H,3-5,8,11H2,1-2H3,(H,19,20,24). The largest absolute Gasteiger partial charge is 0.295 e. The molecule has 9 heteroatoms. The number of unbranched alkanes of at least 4 members (excludes halogenated alkanes) is 2. The van der Waals surface area contributed by atoms with Crippen molar-refractivity contribution in [1.29, 1.82) is 0 Å². The molecule has 27 heavy (non-hydrogen) atoms. The number of thioether (sulfide) groups is 1. The van der Waals surface area contributed by atoms with Gasteiger partial charge >= 0.3 is 0 Å². The third-order valence-corrected chi connectivity index (χ3v) is 5.81. The molecule has 0 saturated carbocycles. The van der Waals surface area contributed by atoms with Gasteiger partial charge in [0.2, 0.25) is 5.13 Å². The van der Waals surface area contributed by atoms with Crippen molar-refractivity contribution in [1.82, 2.24) is 20.0 Å². The first-order chi connectivity index (χ1) is 13.1. The second-order valence-electron chi connectivity index (χ2n) is 5.89. The molecule has 3 aromatic rings. The van der Waals surface area contributed by atoms with Gasteiger partial charge in [0.25, 0.3) is 11.5 Å². The SMILES string of the molecule is CCCCCn1nc(C(=O)Nc2nnc(SCC)s2)c2ccccc2c1=O. The number of amides is 1. The Morgan fingerprint density at radius 3 is 2.70 bits per heavy atom. The van der Waals surface area contributed by atoms with Crippen LogP contribution in [0.1, 0.15) is 43.6 Å². The van der Waals surface area contributed by atoms with Crippen LogP contribution in [0.15, 0.2) is 33.4 Å². The molecule has 0 saturated heterocycles. The summed E-state index contributed by atoms with van der Waals surface area (Å²) in [7, 11) is 0. The lowest BCUT2D eigenvalue weighted by molar-refractivity contribution is 0.102. The summed E-state index contributed by atoms with van der Waals surface area (Å²) in [5, 5.41) is 16.6. The first kappa shape index (κ1) is 19.5. The van der Waals surface area contributed by atoms with Gasteiger partial charge in [-0.05, 0) is 18.2 Å². The fourth-order valence-corrected chi connectivity index (χ4v) is 4.31. The van der Waals surface area contributed by atoms with Crippen molar-refractivity contribution < 1.29 is 4.79 Å². The average molecular weight is 404 g/mol. The Bertz CT molecular complexity index is 999. The fourth-order valence-electron chi connectivity index (χ4n) is 2.66. The van der Waals surface area contributed by atoms with Gasteiger partial charge in [-0.2, -0.15) is 5.10 Å². The van der Waals surface area contributed by atoms with Crippen LogP contribution in [0.2, 0.25) is 0 Å². The van der Waals surface area contributed by atoms with E-state index in [1.165, 1.54) is 16.0 Å². The molecule has 2 heterocycles. The van der Waals surface area contributed by atoms with Crippen LogP contribution in [0.3, 0.4) is 0 Å². The summed E-state index contributed by atoms with van der Waals surface area (Å²) < 4.78 is 2.20. The Morgan fingerprint density at radius 1 is 1.19 bits per heavy atom. The number of carbonyl (C=O) groups excluding carboxylic acids is 1. The third-order valence-electron chi connectivity index (χ3n) is 3.95. The van der Waals surface area contributed by atoms with Gasteiger partial charge in [0, 0.05) is 11.9 Å². The number of nitrogens with zero attached hydrogens (tertiary/aromatic N) is 4. The van der Waals surface area contributed by atoms with Crippen LogP contribution in [0, 0.1) is 0 Å². The van der Waals surface area contributed by atoms with E-state index in [0.29, 0.717) is 22.4 Å². The summed E-state index contributed by atoms with van der Waals surface area (Å²) in [5.74, 6) is 0.497. The van der Waals surface area contributed by atoms with Crippen LogP contribution in [-0.2, 0) is 6.54 Å². The molecule has 7 nitrogen and oxygen atoms in total. The van der Waals surface area contributed by atoms with E-state index in [0.717, 1.165) is 29.4 Å². The minimum absolute atomic E-state index is 0.171. The minimum Gasteiger partial charge on any atom is -0.295 e. The monoisotopic (exact) mass is 403 g/mol. The zero-order chi connectivity index (χ0) is 19.2. The maximum atomic E-state index is 12.8. The van der Waals surface area contributed by atoms with Crippen LogP contribution in [-0.4, -0.2) is 31.6 Å². The molecule has 0 fully saturated rings. The van der Waals surface area contributed by atoms with E-state index in [9.17, 15) is 9.59 Å². The normalized spacial score (nSPS) is 11.0. The number of rotatable bonds is 8. The van der Waals surface area contributed by atoms with E-state index in [1.54, 1.807) is 36.0 Å². The van der Waals surface area contributed by atoms with Crippen molar-refractivity contribution >= 4 is 44.9 Å². The van der Waals surface area contributed by atoms with Crippen LogP contribution >= 0.6 is 23.1 Å². The molecule has 0 radical (unpaired) electrons. The highest BCUT2D eigenvalue weighted by Gasteiger charge is 2.18. The van der Waals surface area contributed by atoms with Crippen LogP contribution < -0.4 is 10.9 Å². The molecular weight excluding hydrogens is 382 g/mol. The lowest BCUT2D eigenvalue weighted by atomic mass is 10.1. The van der Waals surface area contributed by atoms with Gasteiger partial charge in [0.05, 0.1) is 5.39 Å². The molecule has 0 unspecified atom stereocenters. The van der Waals surface area contributed by atoms with Crippen molar-refractivity contribution in [3.8, 4) is 0 Å². The molecular formula is C18H21N5O2S2. The Labute approximate surface area is 165 Å². The Morgan fingerprint density at radius 2 is 1.96 bits per heavy atom. The van der Waals surface area contributed by atoms with E-state index in [2.05, 4.69) is 27.5 Å². The lowest BCUT2D eigenvalue weighted by Crippen LogP contribution is -2.27. The third kappa shape index (κ3) is 4.54. The predicted octanol–water partition coefficient (Wildman–Crippen LogP) is 3.80.